The lowest BCUT2D eigenvalue weighted by Crippen LogP contribution is -2.19. The first kappa shape index (κ1) is 14.1. The van der Waals surface area contributed by atoms with Crippen molar-refractivity contribution < 1.29 is 9.72 Å². The molecule has 0 unspecified atom stereocenters. The lowest BCUT2D eigenvalue weighted by atomic mass is 10.2. The van der Waals surface area contributed by atoms with Crippen LogP contribution in [0, 0.1) is 22.5 Å². The second-order valence-electron chi connectivity index (χ2n) is 4.11. The maximum Gasteiger partial charge on any atom is 0.323 e. The van der Waals surface area contributed by atoms with E-state index in [9.17, 15) is 14.9 Å². The van der Waals surface area contributed by atoms with Gasteiger partial charge in [-0.3, -0.25) is 10.1 Å². The molecule has 6 nitrogen and oxygen atoms in total. The normalized spacial score (nSPS) is 9.48. The molecule has 2 N–H and O–H groups in total. The van der Waals surface area contributed by atoms with Crippen molar-refractivity contribution in [2.45, 2.75) is 0 Å². The number of amides is 2. The number of carbonyl (C=O) groups excluding carboxylic acids is 1. The van der Waals surface area contributed by atoms with Crippen LogP contribution in [0.5, 0.6) is 0 Å². The number of hydrogen-bond donors (Lipinski definition) is 2. The minimum Gasteiger partial charge on any atom is -0.308 e. The van der Waals surface area contributed by atoms with Crippen molar-refractivity contribution in [3.8, 4) is 12.3 Å². The number of urea groups is 1. The van der Waals surface area contributed by atoms with Gasteiger partial charge in [-0.1, -0.05) is 18.1 Å². The lowest BCUT2D eigenvalue weighted by Gasteiger charge is -2.07. The summed E-state index contributed by atoms with van der Waals surface area (Å²) in [4.78, 5) is 21.9. The number of non-ortho nitro benzene ring substituents is 1. The summed E-state index contributed by atoms with van der Waals surface area (Å²) in [7, 11) is 0. The fraction of sp³-hybridized carbons (Fsp3) is 0. The fourth-order valence-corrected chi connectivity index (χ4v) is 1.68. The van der Waals surface area contributed by atoms with Gasteiger partial charge in [-0.05, 0) is 24.3 Å². The Morgan fingerprint density at radius 2 is 1.71 bits per heavy atom. The molecule has 2 aromatic rings. The van der Waals surface area contributed by atoms with Crippen LogP contribution in [0.1, 0.15) is 5.56 Å². The molecule has 21 heavy (non-hydrogen) atoms. The minimum atomic E-state index is -0.528. The number of nitro benzene ring substituents is 1. The van der Waals surface area contributed by atoms with Crippen LogP contribution in [-0.2, 0) is 0 Å². The van der Waals surface area contributed by atoms with E-state index in [0.29, 0.717) is 16.9 Å². The maximum absolute atomic E-state index is 11.8. The van der Waals surface area contributed by atoms with E-state index in [1.165, 1.54) is 18.2 Å². The molecule has 0 bridgehead atoms. The number of nitrogens with one attached hydrogen (secondary N) is 2. The molecule has 0 aliphatic rings. The number of rotatable bonds is 3. The van der Waals surface area contributed by atoms with Crippen molar-refractivity contribution in [2.75, 3.05) is 10.6 Å². The van der Waals surface area contributed by atoms with E-state index in [0.717, 1.165) is 0 Å². The van der Waals surface area contributed by atoms with Crippen LogP contribution in [0.15, 0.2) is 48.5 Å². The smallest absolute Gasteiger partial charge is 0.308 e. The van der Waals surface area contributed by atoms with Gasteiger partial charge in [0.25, 0.3) is 5.69 Å². The number of anilines is 2. The highest BCUT2D eigenvalue weighted by Crippen LogP contribution is 2.17. The first-order valence-corrected chi connectivity index (χ1v) is 5.97. The molecule has 2 rings (SSSR count). The molecule has 0 spiro atoms. The van der Waals surface area contributed by atoms with Crippen molar-refractivity contribution >= 4 is 23.1 Å². The van der Waals surface area contributed by atoms with E-state index < -0.39 is 11.0 Å². The van der Waals surface area contributed by atoms with Gasteiger partial charge < -0.3 is 10.6 Å². The predicted molar refractivity (Wildman–Crippen MR) is 80.1 cm³/mol. The Morgan fingerprint density at radius 1 is 1.10 bits per heavy atom. The number of benzene rings is 2. The molecule has 0 aromatic heterocycles. The van der Waals surface area contributed by atoms with Gasteiger partial charge in [0, 0.05) is 29.1 Å². The Morgan fingerprint density at radius 3 is 2.33 bits per heavy atom. The van der Waals surface area contributed by atoms with Crippen LogP contribution in [0.3, 0.4) is 0 Å². The Kier molecular flexibility index (Phi) is 4.17. The number of terminal acetylenes is 1. The molecule has 0 saturated carbocycles. The molecule has 104 valence electrons. The van der Waals surface area contributed by atoms with Gasteiger partial charge in [0.1, 0.15) is 0 Å². The molecule has 6 heteroatoms. The molecule has 0 fully saturated rings. The van der Waals surface area contributed by atoms with Gasteiger partial charge in [-0.15, -0.1) is 6.42 Å². The second-order valence-corrected chi connectivity index (χ2v) is 4.11. The van der Waals surface area contributed by atoms with Gasteiger partial charge >= 0.3 is 6.03 Å². The third-order valence-corrected chi connectivity index (χ3v) is 2.60. The average molecular weight is 281 g/mol. The Balaban J connectivity index is 2.06. The largest absolute Gasteiger partial charge is 0.323 e. The highest BCUT2D eigenvalue weighted by Gasteiger charge is 2.08. The van der Waals surface area contributed by atoms with Crippen molar-refractivity contribution in [2.24, 2.45) is 0 Å². The number of hydrogen-bond acceptors (Lipinski definition) is 3. The van der Waals surface area contributed by atoms with Crippen LogP contribution in [0.25, 0.3) is 0 Å². The van der Waals surface area contributed by atoms with E-state index in [-0.39, 0.29) is 5.69 Å². The van der Waals surface area contributed by atoms with Gasteiger partial charge in [0.05, 0.1) is 4.92 Å². The van der Waals surface area contributed by atoms with Crippen molar-refractivity contribution in [1.29, 1.82) is 0 Å². The van der Waals surface area contributed by atoms with Crippen molar-refractivity contribution in [3.63, 3.8) is 0 Å². The Labute approximate surface area is 120 Å². The quantitative estimate of drug-likeness (QED) is 0.514. The van der Waals surface area contributed by atoms with Crippen LogP contribution >= 0.6 is 0 Å². The van der Waals surface area contributed by atoms with Crippen LogP contribution in [-0.4, -0.2) is 11.0 Å². The second kappa shape index (κ2) is 6.21. The summed E-state index contributed by atoms with van der Waals surface area (Å²) in [6, 6.07) is 12.0. The van der Waals surface area contributed by atoms with Crippen LogP contribution < -0.4 is 10.6 Å². The Bertz CT molecular complexity index is 735. The number of carbonyl (C=O) groups is 1. The van der Waals surface area contributed by atoms with E-state index in [1.54, 1.807) is 30.3 Å². The van der Waals surface area contributed by atoms with Gasteiger partial charge in [0.15, 0.2) is 0 Å². The molecular weight excluding hydrogens is 270 g/mol. The molecule has 2 amide bonds. The number of nitrogens with zero attached hydrogens (tertiary/aromatic N) is 1. The number of nitro groups is 1. The molecule has 0 radical (unpaired) electrons. The van der Waals surface area contributed by atoms with Crippen molar-refractivity contribution in [3.05, 3.63) is 64.2 Å². The molecule has 0 saturated heterocycles. The monoisotopic (exact) mass is 281 g/mol. The molecule has 2 aromatic carbocycles. The summed E-state index contributed by atoms with van der Waals surface area (Å²) in [5, 5.41) is 15.8. The van der Waals surface area contributed by atoms with Crippen LogP contribution in [0.2, 0.25) is 0 Å². The lowest BCUT2D eigenvalue weighted by molar-refractivity contribution is -0.384. The first-order valence-electron chi connectivity index (χ1n) is 5.97. The molecule has 0 heterocycles. The molecular formula is C15H11N3O3. The maximum atomic E-state index is 11.8. The van der Waals surface area contributed by atoms with E-state index in [4.69, 9.17) is 6.42 Å². The van der Waals surface area contributed by atoms with Gasteiger partial charge in [0.2, 0.25) is 0 Å². The summed E-state index contributed by atoms with van der Waals surface area (Å²) in [6.07, 6.45) is 5.28. The van der Waals surface area contributed by atoms with Crippen LogP contribution in [0.4, 0.5) is 21.9 Å². The average Bonchev–Trinajstić information content (AvgIpc) is 2.47. The summed E-state index contributed by atoms with van der Waals surface area (Å²) >= 11 is 0. The van der Waals surface area contributed by atoms with E-state index in [2.05, 4.69) is 16.6 Å². The zero-order valence-corrected chi connectivity index (χ0v) is 10.9. The molecule has 0 aliphatic carbocycles. The summed E-state index contributed by atoms with van der Waals surface area (Å²) < 4.78 is 0. The molecule has 0 aliphatic heterocycles. The first-order chi connectivity index (χ1) is 10.1. The summed E-state index contributed by atoms with van der Waals surface area (Å²) in [6.45, 7) is 0. The van der Waals surface area contributed by atoms with Gasteiger partial charge in [-0.25, -0.2) is 4.79 Å². The summed E-state index contributed by atoms with van der Waals surface area (Å²) in [5.74, 6) is 2.46. The highest BCUT2D eigenvalue weighted by atomic mass is 16.6. The Hall–Kier alpha value is -3.33. The summed E-state index contributed by atoms with van der Waals surface area (Å²) in [5.41, 5.74) is 1.41. The fourth-order valence-electron chi connectivity index (χ4n) is 1.68. The third kappa shape index (κ3) is 3.81. The molecule has 0 atom stereocenters. The predicted octanol–water partition coefficient (Wildman–Crippen LogP) is 3.22. The highest BCUT2D eigenvalue weighted by molar-refractivity contribution is 6.00. The SMILES string of the molecule is C#Cc1cccc(NC(=O)Nc2cccc([N+](=O)[O-])c2)c1. The third-order valence-electron chi connectivity index (χ3n) is 2.60. The zero-order valence-electron chi connectivity index (χ0n) is 10.9. The van der Waals surface area contributed by atoms with Crippen molar-refractivity contribution in [1.82, 2.24) is 0 Å². The minimum absolute atomic E-state index is 0.0953. The standard InChI is InChI=1S/C15H11N3O3/c1-2-11-5-3-6-12(9-11)16-15(19)17-13-7-4-8-14(10-13)18(20)21/h1,3-10H,(H2,16,17,19). The van der Waals surface area contributed by atoms with E-state index in [1.807, 2.05) is 0 Å². The van der Waals surface area contributed by atoms with E-state index >= 15 is 0 Å². The zero-order chi connectivity index (χ0) is 15.2. The van der Waals surface area contributed by atoms with Gasteiger partial charge in [-0.2, -0.15) is 0 Å². The topological polar surface area (TPSA) is 84.3 Å².